The van der Waals surface area contributed by atoms with Crippen LogP contribution in [-0.2, 0) is 0 Å². The van der Waals surface area contributed by atoms with Crippen molar-refractivity contribution in [1.82, 2.24) is 20.5 Å². The van der Waals surface area contributed by atoms with Gasteiger partial charge in [0.1, 0.15) is 11.0 Å². The van der Waals surface area contributed by atoms with Gasteiger partial charge in [-0.25, -0.2) is 9.98 Å². The Morgan fingerprint density at radius 1 is 0.548 bits per heavy atom. The molecular weight excluding hydrogens is 1040 g/mol. The molecule has 12 heteroatoms. The summed E-state index contributed by atoms with van der Waals surface area (Å²) in [4.78, 5) is 48.2. The minimum Gasteiger partial charge on any atom is -0.377 e. The number of hydrogen-bond acceptors (Lipinski definition) is 9. The molecule has 2 N–H and O–H groups in total. The monoisotopic (exact) mass is 1120 g/mol. The molecule has 1 aliphatic carbocycles. The molecule has 8 aromatic rings. The topological polar surface area (TPSA) is 104 Å². The van der Waals surface area contributed by atoms with E-state index in [2.05, 4.69) is 219 Å². The Balaban J connectivity index is 0.633. The lowest BCUT2D eigenvalue weighted by atomic mass is 9.90. The van der Waals surface area contributed by atoms with Gasteiger partial charge >= 0.3 is 0 Å². The number of likely N-dealkylation sites (N-methyl/N-ethyl adjacent to an activating group) is 1. The van der Waals surface area contributed by atoms with E-state index in [4.69, 9.17) is 9.98 Å². The van der Waals surface area contributed by atoms with Crippen molar-refractivity contribution in [3.63, 3.8) is 0 Å². The zero-order valence-corrected chi connectivity index (χ0v) is 51.0. The van der Waals surface area contributed by atoms with Gasteiger partial charge in [-0.15, -0.1) is 4.57 Å². The number of fused-ring (bicyclic) bond motifs is 4. The Bertz CT molecular complexity index is 3760. The summed E-state index contributed by atoms with van der Waals surface area (Å²) in [6.07, 6.45) is 12.6. The Kier molecular flexibility index (Phi) is 18.2. The van der Waals surface area contributed by atoms with Crippen molar-refractivity contribution in [2.24, 2.45) is 4.99 Å². The van der Waals surface area contributed by atoms with Crippen LogP contribution >= 0.6 is 0 Å². The average Bonchev–Trinajstić information content (AvgIpc) is 3.37. The summed E-state index contributed by atoms with van der Waals surface area (Å²) >= 11 is 0. The molecule has 0 spiro atoms. The molecule has 7 aromatic carbocycles. The third-order valence-corrected chi connectivity index (χ3v) is 16.8. The molecule has 0 fully saturated rings. The molecule has 0 radical (unpaired) electrons. The molecule has 84 heavy (non-hydrogen) atoms. The highest BCUT2D eigenvalue weighted by molar-refractivity contribution is 6.11. The van der Waals surface area contributed by atoms with E-state index in [0.29, 0.717) is 24.2 Å². The predicted molar refractivity (Wildman–Crippen MR) is 351 cm³/mol. The number of aryl methyl sites for hydroxylation is 3. The zero-order chi connectivity index (χ0) is 59.0. The number of aromatic nitrogens is 2. The maximum atomic E-state index is 13.1. The summed E-state index contributed by atoms with van der Waals surface area (Å²) in [5, 5.41) is 6.25. The van der Waals surface area contributed by atoms with Crippen molar-refractivity contribution < 1.29 is 14.2 Å². The highest BCUT2D eigenvalue weighted by Crippen LogP contribution is 2.46. The summed E-state index contributed by atoms with van der Waals surface area (Å²) in [6, 6.07) is 50.0. The van der Waals surface area contributed by atoms with Crippen molar-refractivity contribution in [3.05, 3.63) is 197 Å². The third kappa shape index (κ3) is 12.7. The number of para-hydroxylation sites is 2. The molecule has 2 heterocycles. The van der Waals surface area contributed by atoms with Crippen LogP contribution in [0.3, 0.4) is 0 Å². The molecule has 1 aliphatic heterocycles. The Hall–Kier alpha value is -8.77. The van der Waals surface area contributed by atoms with Gasteiger partial charge in [-0.05, 0) is 160 Å². The fourth-order valence-corrected chi connectivity index (χ4v) is 12.3. The first kappa shape index (κ1) is 58.4. The Morgan fingerprint density at radius 2 is 1.10 bits per heavy atom. The molecule has 1 aromatic heterocycles. The van der Waals surface area contributed by atoms with E-state index >= 15 is 0 Å². The molecule has 0 saturated carbocycles. The van der Waals surface area contributed by atoms with Crippen LogP contribution in [-0.4, -0.2) is 102 Å². The van der Waals surface area contributed by atoms with Crippen LogP contribution < -0.4 is 34.8 Å². The van der Waals surface area contributed by atoms with Crippen LogP contribution in [0.2, 0.25) is 0 Å². The number of nitrogens with zero attached hydrogens (tertiary/aromatic N) is 8. The van der Waals surface area contributed by atoms with Gasteiger partial charge in [0.15, 0.2) is 0 Å². The lowest BCUT2D eigenvalue weighted by molar-refractivity contribution is -0.538. The quantitative estimate of drug-likeness (QED) is 0.0371. The Morgan fingerprint density at radius 3 is 1.69 bits per heavy atom. The highest BCUT2D eigenvalue weighted by atomic mass is 16.2. The maximum absolute atomic E-state index is 13.1. The van der Waals surface area contributed by atoms with Crippen LogP contribution in [0.1, 0.15) is 95.7 Å². The van der Waals surface area contributed by atoms with E-state index < -0.39 is 0 Å². The van der Waals surface area contributed by atoms with E-state index in [1.165, 1.54) is 45.0 Å². The average molecular weight is 1120 g/mol. The summed E-state index contributed by atoms with van der Waals surface area (Å²) in [7, 11) is 12.8. The lowest BCUT2D eigenvalue weighted by Gasteiger charge is -2.42. The molecule has 1 atom stereocenters. The van der Waals surface area contributed by atoms with Gasteiger partial charge in [0, 0.05) is 132 Å². The molecule has 0 saturated heterocycles. The number of hydrogen-bond donors (Lipinski definition) is 2. The smallest absolute Gasteiger partial charge is 0.251 e. The maximum Gasteiger partial charge on any atom is 0.251 e. The van der Waals surface area contributed by atoms with Crippen LogP contribution in [0.15, 0.2) is 174 Å². The van der Waals surface area contributed by atoms with E-state index in [1.54, 1.807) is 0 Å². The van der Waals surface area contributed by atoms with Crippen LogP contribution in [0.4, 0.5) is 34.1 Å². The van der Waals surface area contributed by atoms with Crippen LogP contribution in [0.5, 0.6) is 0 Å². The van der Waals surface area contributed by atoms with E-state index in [1.807, 2.05) is 48.5 Å². The number of carbonyl (C=O) groups excluding carboxylic acids is 2. The van der Waals surface area contributed by atoms with E-state index in [0.717, 1.165) is 126 Å². The van der Waals surface area contributed by atoms with Crippen molar-refractivity contribution >= 4 is 73.7 Å². The number of carbonyl (C=O) groups is 2. The number of anilines is 5. The number of aliphatic imine (C=N–C) groups is 1. The predicted octanol–water partition coefficient (Wildman–Crippen LogP) is 14.2. The second kappa shape index (κ2) is 26.2. The number of unbranched alkanes of at least 4 members (excludes halogenated alkanes) is 6. The minimum atomic E-state index is -0.0643. The summed E-state index contributed by atoms with van der Waals surface area (Å²) in [5.74, 6) is -0.127. The molecule has 1 unspecified atom stereocenters. The standard InChI is InChI=1S/C72H82N10O2/c1-49-45-61-67(47-65(49)77(5)6)81(57-25-17-15-18-26-57)69-51(3)63(39-37-59(69)75-61)79(9)43-23-13-11-21-41-73-71(83)55-33-29-53(30-34-55)54-31-35-56(36-32-54)72(84)74-42-22-12-14-24-44-80(10)64-40-38-60-70(52(64)4)82(58-27-19-16-20-28-58)68-48-66(78(7)8)50(2)46-62(68)76-60/h15-20,25-40,45-48,69H,11-14,21-24,41-44H2,1-10H3,(H-,73,74,83,84)/p+1. The van der Waals surface area contributed by atoms with Crippen molar-refractivity contribution in [3.8, 4) is 16.8 Å². The number of rotatable bonds is 23. The van der Waals surface area contributed by atoms with Crippen molar-refractivity contribution in [1.29, 1.82) is 0 Å². The minimum absolute atomic E-state index is 0.00329. The van der Waals surface area contributed by atoms with Gasteiger partial charge in [0.25, 0.3) is 11.8 Å². The first-order valence-corrected chi connectivity index (χ1v) is 30.0. The molecule has 2 amide bonds. The summed E-state index contributed by atoms with van der Waals surface area (Å²) in [6.45, 7) is 11.9. The number of nitrogens with one attached hydrogen (secondary N) is 2. The lowest BCUT2D eigenvalue weighted by Crippen LogP contribution is -2.43. The second-order valence-electron chi connectivity index (χ2n) is 23.3. The third-order valence-electron chi connectivity index (χ3n) is 16.8. The van der Waals surface area contributed by atoms with Crippen molar-refractivity contribution in [2.45, 2.75) is 85.1 Å². The molecule has 10 rings (SSSR count). The largest absolute Gasteiger partial charge is 0.377 e. The fourth-order valence-electron chi connectivity index (χ4n) is 12.3. The van der Waals surface area contributed by atoms with Crippen LogP contribution in [0.25, 0.3) is 38.9 Å². The van der Waals surface area contributed by atoms with Gasteiger partial charge in [0.2, 0.25) is 16.7 Å². The van der Waals surface area contributed by atoms with E-state index in [9.17, 15) is 9.59 Å². The number of amides is 2. The number of benzene rings is 7. The zero-order valence-electron chi connectivity index (χ0n) is 51.0. The molecule has 0 bridgehead atoms. The molecule has 432 valence electrons. The molecule has 12 nitrogen and oxygen atoms in total. The second-order valence-corrected chi connectivity index (χ2v) is 23.3. The summed E-state index contributed by atoms with van der Waals surface area (Å²) in [5.41, 5.74) is 22.6. The fraction of sp³-hybridized carbons (Fsp3) is 0.319. The van der Waals surface area contributed by atoms with Gasteiger partial charge in [-0.2, -0.15) is 0 Å². The van der Waals surface area contributed by atoms with Gasteiger partial charge in [-0.3, -0.25) is 9.59 Å². The normalized spacial score (nSPS) is 13.6. The highest BCUT2D eigenvalue weighted by Gasteiger charge is 2.36. The van der Waals surface area contributed by atoms with Gasteiger partial charge in [-0.1, -0.05) is 86.3 Å². The first-order chi connectivity index (χ1) is 40.7. The summed E-state index contributed by atoms with van der Waals surface area (Å²) < 4.78 is 2.38. The molecular formula is C72H83N10O2+. The van der Waals surface area contributed by atoms with E-state index in [-0.39, 0.29) is 17.9 Å². The van der Waals surface area contributed by atoms with Crippen LogP contribution in [0, 0.1) is 20.8 Å². The number of allylic oxidation sites excluding steroid dienone is 1. The first-order valence-electron chi connectivity index (χ1n) is 30.0. The SMILES string of the molecule is CC1=C(N(C)CCCCCCNC(=O)c2ccc(-c3ccc(C(=O)NCCCCCCN(C)c4ccc5nc6cc(C)c(N(C)C)cc6[n+](-c6ccccc6)c5c4C)cc3)cc2)C=CC2=Nc3cc(C)c(N(C)C)cc3N(c3ccccc3)C21. The Labute approximate surface area is 497 Å². The van der Waals surface area contributed by atoms with Crippen molar-refractivity contribution in [2.75, 3.05) is 88.1 Å². The molecule has 2 aliphatic rings. The van der Waals surface area contributed by atoms with Gasteiger partial charge in [0.05, 0.1) is 23.1 Å². The van der Waals surface area contributed by atoms with Gasteiger partial charge < -0.3 is 35.1 Å².